The maximum Gasteiger partial charge on any atom is 0.0927 e. The number of nitrogens with one attached hydrogen (secondary N) is 1. The topological polar surface area (TPSA) is 41.5 Å². The molecule has 1 fully saturated rings. The summed E-state index contributed by atoms with van der Waals surface area (Å²) >= 11 is 0. The maximum atomic E-state index is 9.49. The molecule has 0 aromatic rings. The van der Waals surface area contributed by atoms with Crippen LogP contribution in [0.3, 0.4) is 0 Å². The first-order valence-corrected chi connectivity index (χ1v) is 4.69. The lowest BCUT2D eigenvalue weighted by Gasteiger charge is -2.29. The lowest BCUT2D eigenvalue weighted by molar-refractivity contribution is -0.0281. The first-order chi connectivity index (χ1) is 5.70. The number of hydrogen-bond acceptors (Lipinski definition) is 3. The Morgan fingerprint density at radius 1 is 1.58 bits per heavy atom. The third kappa shape index (κ3) is 3.09. The van der Waals surface area contributed by atoms with E-state index in [9.17, 15) is 5.11 Å². The van der Waals surface area contributed by atoms with Crippen molar-refractivity contribution in [2.75, 3.05) is 19.8 Å². The average Bonchev–Trinajstić information content (AvgIpc) is 2.03. The zero-order valence-corrected chi connectivity index (χ0v) is 7.92. The molecule has 1 heterocycles. The van der Waals surface area contributed by atoms with Crippen molar-refractivity contribution in [1.29, 1.82) is 0 Å². The van der Waals surface area contributed by atoms with Gasteiger partial charge in [0.15, 0.2) is 0 Å². The van der Waals surface area contributed by atoms with Crippen LogP contribution in [0.4, 0.5) is 0 Å². The summed E-state index contributed by atoms with van der Waals surface area (Å²) in [6.07, 6.45) is 0.603. The monoisotopic (exact) mass is 173 g/mol. The minimum Gasteiger partial charge on any atom is -0.389 e. The molecule has 1 unspecified atom stereocenters. The molecule has 0 amide bonds. The lowest BCUT2D eigenvalue weighted by atomic mass is 10.1. The summed E-state index contributed by atoms with van der Waals surface area (Å²) in [5, 5.41) is 12.8. The van der Waals surface area contributed by atoms with E-state index in [1.54, 1.807) is 0 Å². The van der Waals surface area contributed by atoms with Crippen LogP contribution in [0.15, 0.2) is 0 Å². The smallest absolute Gasteiger partial charge is 0.0927 e. The molecule has 2 N–H and O–H groups in total. The van der Waals surface area contributed by atoms with Crippen LogP contribution in [-0.2, 0) is 4.74 Å². The van der Waals surface area contributed by atoms with Gasteiger partial charge < -0.3 is 15.2 Å². The molecule has 0 bridgehead atoms. The van der Waals surface area contributed by atoms with Crippen LogP contribution in [0.25, 0.3) is 0 Å². The van der Waals surface area contributed by atoms with E-state index in [2.05, 4.69) is 19.2 Å². The van der Waals surface area contributed by atoms with Gasteiger partial charge in [0.2, 0.25) is 0 Å². The van der Waals surface area contributed by atoms with Gasteiger partial charge in [-0.25, -0.2) is 0 Å². The molecule has 1 saturated heterocycles. The Labute approximate surface area is 74.1 Å². The van der Waals surface area contributed by atoms with Crippen LogP contribution >= 0.6 is 0 Å². The van der Waals surface area contributed by atoms with Crippen molar-refractivity contribution in [2.24, 2.45) is 5.92 Å². The molecular weight excluding hydrogens is 154 g/mol. The van der Waals surface area contributed by atoms with Crippen molar-refractivity contribution in [2.45, 2.75) is 32.4 Å². The molecule has 0 spiro atoms. The van der Waals surface area contributed by atoms with Gasteiger partial charge >= 0.3 is 0 Å². The highest BCUT2D eigenvalue weighted by Crippen LogP contribution is 2.07. The molecule has 2 atom stereocenters. The molecule has 1 rings (SSSR count). The van der Waals surface area contributed by atoms with Crippen molar-refractivity contribution >= 4 is 0 Å². The number of ether oxygens (including phenoxy) is 1. The van der Waals surface area contributed by atoms with Crippen molar-refractivity contribution in [3.8, 4) is 0 Å². The van der Waals surface area contributed by atoms with Gasteiger partial charge in [-0.3, -0.25) is 0 Å². The third-order valence-corrected chi connectivity index (χ3v) is 2.11. The molecule has 1 aliphatic rings. The SMILES string of the molecule is CC(C)CNC1CCOC[C@H]1O. The minimum atomic E-state index is -0.322. The van der Waals surface area contributed by atoms with E-state index >= 15 is 0 Å². The van der Waals surface area contributed by atoms with E-state index in [1.807, 2.05) is 0 Å². The van der Waals surface area contributed by atoms with Crippen LogP contribution in [0.1, 0.15) is 20.3 Å². The molecule has 3 heteroatoms. The average molecular weight is 173 g/mol. The van der Waals surface area contributed by atoms with Gasteiger partial charge in [0.05, 0.1) is 12.7 Å². The second-order valence-corrected chi connectivity index (χ2v) is 3.84. The Kier molecular flexibility index (Phi) is 3.98. The fourth-order valence-corrected chi connectivity index (χ4v) is 1.35. The van der Waals surface area contributed by atoms with Crippen molar-refractivity contribution in [3.63, 3.8) is 0 Å². The molecule has 0 aromatic heterocycles. The standard InChI is InChI=1S/C9H19NO2/c1-7(2)5-10-8-3-4-12-6-9(8)11/h7-11H,3-6H2,1-2H3/t8?,9-/m1/s1. The highest BCUT2D eigenvalue weighted by atomic mass is 16.5. The maximum absolute atomic E-state index is 9.49. The number of aliphatic hydroxyl groups is 1. The second-order valence-electron chi connectivity index (χ2n) is 3.84. The molecule has 0 saturated carbocycles. The first kappa shape index (κ1) is 9.96. The predicted octanol–water partition coefficient (Wildman–Crippen LogP) is 0.382. The summed E-state index contributed by atoms with van der Waals surface area (Å²) in [6, 6.07) is 0.237. The predicted molar refractivity (Wildman–Crippen MR) is 48.1 cm³/mol. The zero-order valence-electron chi connectivity index (χ0n) is 7.92. The summed E-state index contributed by atoms with van der Waals surface area (Å²) in [6.45, 7) is 6.56. The van der Waals surface area contributed by atoms with E-state index in [-0.39, 0.29) is 12.1 Å². The molecule has 72 valence electrons. The van der Waals surface area contributed by atoms with Gasteiger partial charge in [-0.15, -0.1) is 0 Å². The normalized spacial score (nSPS) is 31.0. The quantitative estimate of drug-likeness (QED) is 0.648. The van der Waals surface area contributed by atoms with E-state index in [4.69, 9.17) is 4.74 Å². The lowest BCUT2D eigenvalue weighted by Crippen LogP contribution is -2.47. The number of hydrogen-bond donors (Lipinski definition) is 2. The highest BCUT2D eigenvalue weighted by molar-refractivity contribution is 4.78. The molecule has 0 aliphatic carbocycles. The summed E-state index contributed by atoms with van der Waals surface area (Å²) in [5.74, 6) is 0.639. The van der Waals surface area contributed by atoms with Gasteiger partial charge in [-0.2, -0.15) is 0 Å². The Morgan fingerprint density at radius 2 is 2.33 bits per heavy atom. The number of aliphatic hydroxyl groups excluding tert-OH is 1. The largest absolute Gasteiger partial charge is 0.389 e. The Morgan fingerprint density at radius 3 is 2.92 bits per heavy atom. The van der Waals surface area contributed by atoms with Gasteiger partial charge in [0, 0.05) is 12.6 Å². The Hall–Kier alpha value is -0.120. The summed E-state index contributed by atoms with van der Waals surface area (Å²) in [5.41, 5.74) is 0. The van der Waals surface area contributed by atoms with E-state index in [1.165, 1.54) is 0 Å². The second kappa shape index (κ2) is 4.80. The summed E-state index contributed by atoms with van der Waals surface area (Å²) < 4.78 is 5.13. The van der Waals surface area contributed by atoms with Crippen molar-refractivity contribution in [1.82, 2.24) is 5.32 Å². The van der Waals surface area contributed by atoms with Gasteiger partial charge in [-0.1, -0.05) is 13.8 Å². The summed E-state index contributed by atoms with van der Waals surface area (Å²) in [7, 11) is 0. The van der Waals surface area contributed by atoms with Crippen LogP contribution in [0.2, 0.25) is 0 Å². The third-order valence-electron chi connectivity index (χ3n) is 2.11. The van der Waals surface area contributed by atoms with Crippen molar-refractivity contribution in [3.05, 3.63) is 0 Å². The molecule has 1 aliphatic heterocycles. The molecule has 0 aromatic carbocycles. The van der Waals surface area contributed by atoms with Crippen molar-refractivity contribution < 1.29 is 9.84 Å². The van der Waals surface area contributed by atoms with E-state index < -0.39 is 0 Å². The molecule has 0 radical (unpaired) electrons. The fraction of sp³-hybridized carbons (Fsp3) is 1.00. The van der Waals surface area contributed by atoms with Gasteiger partial charge in [0.25, 0.3) is 0 Å². The first-order valence-electron chi connectivity index (χ1n) is 4.69. The van der Waals surface area contributed by atoms with Crippen LogP contribution in [0, 0.1) is 5.92 Å². The number of rotatable bonds is 3. The molecular formula is C9H19NO2. The fourth-order valence-electron chi connectivity index (χ4n) is 1.35. The van der Waals surface area contributed by atoms with Gasteiger partial charge in [-0.05, 0) is 18.9 Å². The van der Waals surface area contributed by atoms with E-state index in [0.717, 1.165) is 19.6 Å². The van der Waals surface area contributed by atoms with Crippen LogP contribution in [0.5, 0.6) is 0 Å². The summed E-state index contributed by atoms with van der Waals surface area (Å²) in [4.78, 5) is 0. The minimum absolute atomic E-state index is 0.237. The van der Waals surface area contributed by atoms with Crippen LogP contribution in [-0.4, -0.2) is 37.0 Å². The molecule has 12 heavy (non-hydrogen) atoms. The van der Waals surface area contributed by atoms with Crippen LogP contribution < -0.4 is 5.32 Å². The van der Waals surface area contributed by atoms with E-state index in [0.29, 0.717) is 12.5 Å². The Bertz CT molecular complexity index is 128. The zero-order chi connectivity index (χ0) is 8.97. The molecule has 3 nitrogen and oxygen atoms in total. The van der Waals surface area contributed by atoms with Gasteiger partial charge in [0.1, 0.15) is 0 Å². The highest BCUT2D eigenvalue weighted by Gasteiger charge is 2.22. The Balaban J connectivity index is 2.20.